The number of hydrogen-bond acceptors (Lipinski definition) is 4. The minimum Gasteiger partial charge on any atom is -0.371 e. The van der Waals surface area contributed by atoms with Crippen LogP contribution < -0.4 is 16.4 Å². The van der Waals surface area contributed by atoms with Crippen molar-refractivity contribution in [1.29, 1.82) is 0 Å². The third-order valence-corrected chi connectivity index (χ3v) is 5.20. The third kappa shape index (κ3) is 3.66. The molecular formula is C17H24ClFN4O. The van der Waals surface area contributed by atoms with Gasteiger partial charge in [-0.1, -0.05) is 11.6 Å². The molecule has 7 heteroatoms. The fourth-order valence-electron chi connectivity index (χ4n) is 3.70. The number of piperazine rings is 1. The average Bonchev–Trinajstić information content (AvgIpc) is 2.58. The van der Waals surface area contributed by atoms with E-state index in [4.69, 9.17) is 17.3 Å². The minimum absolute atomic E-state index is 0.0194. The van der Waals surface area contributed by atoms with Crippen LogP contribution in [0.3, 0.4) is 0 Å². The van der Waals surface area contributed by atoms with Crippen molar-refractivity contribution in [3.8, 4) is 0 Å². The van der Waals surface area contributed by atoms with Gasteiger partial charge in [-0.3, -0.25) is 4.79 Å². The second kappa shape index (κ2) is 7.25. The molecule has 0 radical (unpaired) electrons. The van der Waals surface area contributed by atoms with E-state index in [9.17, 15) is 9.18 Å². The van der Waals surface area contributed by atoms with Gasteiger partial charge in [0.15, 0.2) is 0 Å². The van der Waals surface area contributed by atoms with Crippen LogP contribution in [0.15, 0.2) is 18.2 Å². The summed E-state index contributed by atoms with van der Waals surface area (Å²) in [6, 6.07) is 4.45. The molecule has 1 aliphatic heterocycles. The molecule has 1 saturated carbocycles. The molecule has 2 fully saturated rings. The summed E-state index contributed by atoms with van der Waals surface area (Å²) in [7, 11) is 0. The molecule has 1 heterocycles. The molecule has 24 heavy (non-hydrogen) atoms. The number of nitrogens with one attached hydrogen (secondary N) is 2. The van der Waals surface area contributed by atoms with Crippen molar-refractivity contribution < 1.29 is 9.18 Å². The molecule has 1 amide bonds. The number of halogens is 2. The van der Waals surface area contributed by atoms with Gasteiger partial charge < -0.3 is 21.3 Å². The summed E-state index contributed by atoms with van der Waals surface area (Å²) in [6.07, 6.45) is 3.10. The predicted octanol–water partition coefficient (Wildman–Crippen LogP) is 1.96. The Balaban J connectivity index is 1.86. The zero-order valence-electron chi connectivity index (χ0n) is 13.7. The first-order valence-corrected chi connectivity index (χ1v) is 8.87. The highest BCUT2D eigenvalue weighted by Gasteiger charge is 2.44. The van der Waals surface area contributed by atoms with Crippen LogP contribution in [-0.4, -0.2) is 48.6 Å². The van der Waals surface area contributed by atoms with Crippen molar-refractivity contribution in [2.75, 3.05) is 31.5 Å². The second-order valence-electron chi connectivity index (χ2n) is 6.73. The molecule has 2 unspecified atom stereocenters. The Morgan fingerprint density at radius 1 is 1.42 bits per heavy atom. The van der Waals surface area contributed by atoms with Crippen LogP contribution >= 0.6 is 11.6 Å². The lowest BCUT2D eigenvalue weighted by Gasteiger charge is -2.43. The Morgan fingerprint density at radius 3 is 2.83 bits per heavy atom. The van der Waals surface area contributed by atoms with Crippen LogP contribution in [-0.2, 0) is 4.79 Å². The monoisotopic (exact) mass is 354 g/mol. The predicted molar refractivity (Wildman–Crippen MR) is 93.7 cm³/mol. The highest BCUT2D eigenvalue weighted by Crippen LogP contribution is 2.34. The van der Waals surface area contributed by atoms with Crippen molar-refractivity contribution in [2.45, 2.75) is 37.3 Å². The van der Waals surface area contributed by atoms with E-state index >= 15 is 0 Å². The smallest absolute Gasteiger partial charge is 0.248 e. The summed E-state index contributed by atoms with van der Waals surface area (Å²) >= 11 is 5.89. The van der Waals surface area contributed by atoms with Gasteiger partial charge in [-0.15, -0.1) is 0 Å². The lowest BCUT2D eigenvalue weighted by atomic mass is 9.77. The van der Waals surface area contributed by atoms with E-state index in [0.29, 0.717) is 25.2 Å². The van der Waals surface area contributed by atoms with Crippen LogP contribution in [0, 0.1) is 5.82 Å². The number of carbonyl (C=O) groups is 1. The molecule has 1 aliphatic carbocycles. The maximum atomic E-state index is 13.4. The quantitative estimate of drug-likeness (QED) is 0.776. The Hall–Kier alpha value is -1.37. The molecule has 0 spiro atoms. The molecule has 0 bridgehead atoms. The normalized spacial score (nSPS) is 27.8. The molecule has 1 aromatic carbocycles. The van der Waals surface area contributed by atoms with E-state index in [-0.39, 0.29) is 17.0 Å². The van der Waals surface area contributed by atoms with E-state index in [1.54, 1.807) is 6.07 Å². The van der Waals surface area contributed by atoms with E-state index in [1.807, 2.05) is 4.90 Å². The van der Waals surface area contributed by atoms with Crippen LogP contribution in [0.25, 0.3) is 0 Å². The van der Waals surface area contributed by atoms with Crippen molar-refractivity contribution in [3.63, 3.8) is 0 Å². The molecule has 1 aromatic rings. The Morgan fingerprint density at radius 2 is 2.17 bits per heavy atom. The fraction of sp³-hybridized carbons (Fsp3) is 0.588. The summed E-state index contributed by atoms with van der Waals surface area (Å²) in [5.41, 5.74) is 6.09. The van der Waals surface area contributed by atoms with Gasteiger partial charge in [0.25, 0.3) is 0 Å². The molecule has 5 nitrogen and oxygen atoms in total. The first-order valence-electron chi connectivity index (χ1n) is 8.49. The molecule has 4 N–H and O–H groups in total. The third-order valence-electron chi connectivity index (χ3n) is 4.91. The van der Waals surface area contributed by atoms with Crippen molar-refractivity contribution in [3.05, 3.63) is 29.0 Å². The van der Waals surface area contributed by atoms with Crippen LogP contribution in [0.5, 0.6) is 0 Å². The maximum absolute atomic E-state index is 13.4. The molecule has 0 aromatic heterocycles. The number of carbonyl (C=O) groups excluding carboxylic acids is 1. The zero-order chi connectivity index (χ0) is 17.2. The van der Waals surface area contributed by atoms with E-state index in [1.165, 1.54) is 12.1 Å². The molecule has 2 aliphatic rings. The number of hydrogen-bond donors (Lipinski definition) is 3. The molecular weight excluding hydrogens is 331 g/mol. The Kier molecular flexibility index (Phi) is 5.27. The topological polar surface area (TPSA) is 70.4 Å². The first kappa shape index (κ1) is 17.5. The highest BCUT2D eigenvalue weighted by molar-refractivity contribution is 6.31. The molecule has 3 rings (SSSR count). The van der Waals surface area contributed by atoms with Crippen molar-refractivity contribution >= 4 is 23.2 Å². The molecule has 2 atom stereocenters. The van der Waals surface area contributed by atoms with Crippen LogP contribution in [0.1, 0.15) is 25.7 Å². The van der Waals surface area contributed by atoms with Crippen LogP contribution in [0.2, 0.25) is 5.02 Å². The fourth-order valence-corrected chi connectivity index (χ4v) is 3.88. The number of amides is 1. The Labute approximate surface area is 146 Å². The number of benzene rings is 1. The van der Waals surface area contributed by atoms with E-state index < -0.39 is 11.4 Å². The van der Waals surface area contributed by atoms with Gasteiger partial charge in [0.2, 0.25) is 5.91 Å². The standard InChI is InChI=1S/C17H24ClFN4O/c18-14-10-13(3-4-15(14)19)22-17(5-1-2-12(20)11-17)16(24)23-8-6-21-7-9-23/h3-4,10,12,21-22H,1-2,5-9,11,20H2. The SMILES string of the molecule is NC1CCCC(Nc2ccc(F)c(Cl)c2)(C(=O)N2CCNCC2)C1. The first-order chi connectivity index (χ1) is 11.5. The number of nitrogens with two attached hydrogens (primary N) is 1. The minimum atomic E-state index is -0.740. The van der Waals surface area contributed by atoms with Crippen molar-refractivity contribution in [1.82, 2.24) is 10.2 Å². The lowest BCUT2D eigenvalue weighted by Crippen LogP contribution is -2.61. The number of anilines is 1. The van der Waals surface area contributed by atoms with E-state index in [2.05, 4.69) is 10.6 Å². The largest absolute Gasteiger partial charge is 0.371 e. The second-order valence-corrected chi connectivity index (χ2v) is 7.14. The summed E-state index contributed by atoms with van der Waals surface area (Å²) in [5, 5.41) is 6.65. The number of rotatable bonds is 3. The summed E-state index contributed by atoms with van der Waals surface area (Å²) in [5.74, 6) is -0.385. The lowest BCUT2D eigenvalue weighted by molar-refractivity contribution is -0.138. The maximum Gasteiger partial charge on any atom is 0.248 e. The van der Waals surface area contributed by atoms with E-state index in [0.717, 1.165) is 32.4 Å². The summed E-state index contributed by atoms with van der Waals surface area (Å²) < 4.78 is 13.4. The average molecular weight is 355 g/mol. The van der Waals surface area contributed by atoms with Gasteiger partial charge in [-0.2, -0.15) is 0 Å². The highest BCUT2D eigenvalue weighted by atomic mass is 35.5. The molecule has 1 saturated heterocycles. The van der Waals surface area contributed by atoms with Gasteiger partial charge in [0.1, 0.15) is 11.4 Å². The summed E-state index contributed by atoms with van der Waals surface area (Å²) in [6.45, 7) is 3.00. The van der Waals surface area contributed by atoms with Gasteiger partial charge >= 0.3 is 0 Å². The number of nitrogens with zero attached hydrogens (tertiary/aromatic N) is 1. The van der Waals surface area contributed by atoms with Gasteiger partial charge in [-0.05, 0) is 43.9 Å². The van der Waals surface area contributed by atoms with Gasteiger partial charge in [0, 0.05) is 37.9 Å². The van der Waals surface area contributed by atoms with Crippen LogP contribution in [0.4, 0.5) is 10.1 Å². The van der Waals surface area contributed by atoms with Gasteiger partial charge in [0.05, 0.1) is 5.02 Å². The van der Waals surface area contributed by atoms with Gasteiger partial charge in [-0.25, -0.2) is 4.39 Å². The van der Waals surface area contributed by atoms with Crippen molar-refractivity contribution in [2.24, 2.45) is 5.73 Å². The zero-order valence-corrected chi connectivity index (χ0v) is 14.4. The molecule has 132 valence electrons. The Bertz CT molecular complexity index is 608. The summed E-state index contributed by atoms with van der Waals surface area (Å²) in [4.78, 5) is 15.1.